The number of rotatable bonds is 1. The maximum Gasteiger partial charge on any atom is 0.188 e. The first kappa shape index (κ1) is 11.8. The molecule has 0 radical (unpaired) electrons. The van der Waals surface area contributed by atoms with Gasteiger partial charge >= 0.3 is 0 Å². The standard InChI is InChI=1S/C4H4N2S3.C2H7N/c7-4(8)6-3-5-1-2-9-3;1-2-3/h1-2H,(H2,5,6,7,8);2-3H2,1H3. The van der Waals surface area contributed by atoms with Crippen LogP contribution in [0.4, 0.5) is 5.13 Å². The molecular weight excluding hydrogens is 210 g/mol. The molecule has 0 fully saturated rings. The fourth-order valence-corrected chi connectivity index (χ4v) is 1.25. The average Bonchev–Trinajstić information content (AvgIpc) is 2.40. The molecule has 0 spiro atoms. The zero-order chi connectivity index (χ0) is 9.40. The summed E-state index contributed by atoms with van der Waals surface area (Å²) in [6.07, 6.45) is 1.71. The van der Waals surface area contributed by atoms with Gasteiger partial charge in [-0.15, -0.1) is 24.0 Å². The van der Waals surface area contributed by atoms with E-state index in [4.69, 9.17) is 5.73 Å². The Balaban J connectivity index is 0.000000354. The van der Waals surface area contributed by atoms with Crippen molar-refractivity contribution < 1.29 is 0 Å². The molecule has 0 aromatic carbocycles. The summed E-state index contributed by atoms with van der Waals surface area (Å²) in [5, 5.41) is 5.44. The number of thiazole rings is 1. The number of thiol groups is 1. The zero-order valence-corrected chi connectivity index (χ0v) is 9.18. The molecule has 0 bridgehead atoms. The molecule has 0 unspecified atom stereocenters. The number of aromatic nitrogens is 1. The molecular formula is C6H11N3S3. The highest BCUT2D eigenvalue weighted by Gasteiger charge is 1.91. The van der Waals surface area contributed by atoms with Crippen LogP contribution in [0.25, 0.3) is 0 Å². The fraction of sp³-hybridized carbons (Fsp3) is 0.333. The van der Waals surface area contributed by atoms with Gasteiger partial charge in [-0.25, -0.2) is 4.98 Å². The smallest absolute Gasteiger partial charge is 0.188 e. The summed E-state index contributed by atoms with van der Waals surface area (Å²) in [4.78, 5) is 3.93. The molecule has 1 rings (SSSR count). The molecule has 1 aromatic heterocycles. The van der Waals surface area contributed by atoms with Crippen molar-refractivity contribution in [1.29, 1.82) is 0 Å². The largest absolute Gasteiger partial charge is 0.331 e. The number of hydrogen-bond acceptors (Lipinski definition) is 4. The third kappa shape index (κ3) is 6.53. The number of anilines is 1. The Morgan fingerprint density at radius 3 is 2.83 bits per heavy atom. The van der Waals surface area contributed by atoms with Gasteiger partial charge in [-0.05, 0) is 6.54 Å². The molecule has 0 aliphatic heterocycles. The molecule has 3 nitrogen and oxygen atoms in total. The van der Waals surface area contributed by atoms with Gasteiger partial charge in [0, 0.05) is 11.6 Å². The summed E-state index contributed by atoms with van der Waals surface area (Å²) in [7, 11) is 0. The van der Waals surface area contributed by atoms with Gasteiger partial charge in [0.25, 0.3) is 0 Å². The van der Waals surface area contributed by atoms with E-state index in [2.05, 4.69) is 35.1 Å². The molecule has 0 aliphatic carbocycles. The maximum atomic E-state index is 4.85. The third-order valence-electron chi connectivity index (χ3n) is 0.646. The molecule has 0 saturated heterocycles. The van der Waals surface area contributed by atoms with E-state index in [0.717, 1.165) is 11.7 Å². The molecule has 12 heavy (non-hydrogen) atoms. The number of nitrogens with zero attached hydrogens (tertiary/aromatic N) is 1. The van der Waals surface area contributed by atoms with Crippen LogP contribution in [-0.2, 0) is 0 Å². The normalized spacial score (nSPS) is 8.25. The molecule has 6 heteroatoms. The molecule has 0 amide bonds. The lowest BCUT2D eigenvalue weighted by atomic mass is 10.8. The number of nitrogens with one attached hydrogen (secondary N) is 1. The molecule has 68 valence electrons. The highest BCUT2D eigenvalue weighted by molar-refractivity contribution is 8.11. The molecule has 0 atom stereocenters. The van der Waals surface area contributed by atoms with Crippen LogP contribution < -0.4 is 11.1 Å². The second-order valence-corrected chi connectivity index (χ2v) is 3.73. The average molecular weight is 221 g/mol. The van der Waals surface area contributed by atoms with Crippen LogP contribution >= 0.6 is 36.2 Å². The van der Waals surface area contributed by atoms with E-state index in [0.29, 0.717) is 4.32 Å². The van der Waals surface area contributed by atoms with Crippen LogP contribution in [0.15, 0.2) is 11.6 Å². The minimum Gasteiger partial charge on any atom is -0.331 e. The van der Waals surface area contributed by atoms with Gasteiger partial charge < -0.3 is 11.1 Å². The van der Waals surface area contributed by atoms with Crippen molar-refractivity contribution in [2.75, 3.05) is 11.9 Å². The van der Waals surface area contributed by atoms with E-state index >= 15 is 0 Å². The Morgan fingerprint density at radius 1 is 1.92 bits per heavy atom. The van der Waals surface area contributed by atoms with Crippen molar-refractivity contribution in [3.63, 3.8) is 0 Å². The first-order valence-corrected chi connectivity index (χ1v) is 5.03. The van der Waals surface area contributed by atoms with Crippen molar-refractivity contribution >= 4 is 45.6 Å². The molecule has 3 N–H and O–H groups in total. The Morgan fingerprint density at radius 2 is 2.50 bits per heavy atom. The number of nitrogens with two attached hydrogens (primary N) is 1. The predicted octanol–water partition coefficient (Wildman–Crippen LogP) is 1.73. The SMILES string of the molecule is CCN.S=C(S)Nc1nccs1. The molecule has 0 aliphatic rings. The third-order valence-corrected chi connectivity index (χ3v) is 1.55. The van der Waals surface area contributed by atoms with Crippen LogP contribution in [0.1, 0.15) is 6.92 Å². The van der Waals surface area contributed by atoms with Crippen LogP contribution in [0.5, 0.6) is 0 Å². The van der Waals surface area contributed by atoms with E-state index in [1.165, 1.54) is 11.3 Å². The van der Waals surface area contributed by atoms with Crippen LogP contribution in [-0.4, -0.2) is 15.8 Å². The summed E-state index contributed by atoms with van der Waals surface area (Å²) in [5.41, 5.74) is 4.85. The summed E-state index contributed by atoms with van der Waals surface area (Å²) in [6.45, 7) is 2.65. The Kier molecular flexibility index (Phi) is 7.37. The fourth-order valence-electron chi connectivity index (χ4n) is 0.377. The van der Waals surface area contributed by atoms with Gasteiger partial charge in [0.2, 0.25) is 0 Å². The number of hydrogen-bond donors (Lipinski definition) is 3. The van der Waals surface area contributed by atoms with Gasteiger partial charge in [-0.2, -0.15) is 0 Å². The van der Waals surface area contributed by atoms with Gasteiger partial charge in [0.05, 0.1) is 0 Å². The summed E-state index contributed by atoms with van der Waals surface area (Å²) >= 11 is 10.0. The van der Waals surface area contributed by atoms with Gasteiger partial charge in [0.1, 0.15) is 4.32 Å². The summed E-state index contributed by atoms with van der Waals surface area (Å²) in [6, 6.07) is 0. The highest BCUT2D eigenvalue weighted by atomic mass is 32.1. The van der Waals surface area contributed by atoms with Gasteiger partial charge in [-0.1, -0.05) is 19.1 Å². The molecule has 1 aromatic rings. The lowest BCUT2D eigenvalue weighted by Gasteiger charge is -1.93. The Hall–Kier alpha value is -0.170. The molecule has 1 heterocycles. The van der Waals surface area contributed by atoms with E-state index in [1.54, 1.807) is 6.20 Å². The summed E-state index contributed by atoms with van der Waals surface area (Å²) < 4.78 is 0.449. The monoisotopic (exact) mass is 221 g/mol. The van der Waals surface area contributed by atoms with Crippen molar-refractivity contribution in [3.8, 4) is 0 Å². The lowest BCUT2D eigenvalue weighted by molar-refractivity contribution is 1.14. The van der Waals surface area contributed by atoms with Gasteiger partial charge in [-0.3, -0.25) is 0 Å². The van der Waals surface area contributed by atoms with Crippen LogP contribution in [0, 0.1) is 0 Å². The highest BCUT2D eigenvalue weighted by Crippen LogP contribution is 2.10. The Labute approximate surface area is 86.8 Å². The topological polar surface area (TPSA) is 50.9 Å². The van der Waals surface area contributed by atoms with E-state index < -0.39 is 0 Å². The minimum absolute atomic E-state index is 0.449. The van der Waals surface area contributed by atoms with E-state index in [-0.39, 0.29) is 0 Å². The minimum atomic E-state index is 0.449. The van der Waals surface area contributed by atoms with Crippen molar-refractivity contribution in [2.24, 2.45) is 5.73 Å². The van der Waals surface area contributed by atoms with Crippen LogP contribution in [0.2, 0.25) is 0 Å². The van der Waals surface area contributed by atoms with Crippen molar-refractivity contribution in [2.45, 2.75) is 6.92 Å². The van der Waals surface area contributed by atoms with Crippen molar-refractivity contribution in [1.82, 2.24) is 4.98 Å². The first-order chi connectivity index (χ1) is 5.70. The maximum absolute atomic E-state index is 4.85. The quantitative estimate of drug-likeness (QED) is 0.499. The Bertz CT molecular complexity index is 210. The predicted molar refractivity (Wildman–Crippen MR) is 62.0 cm³/mol. The van der Waals surface area contributed by atoms with E-state index in [1.807, 2.05) is 12.3 Å². The lowest BCUT2D eigenvalue weighted by Crippen LogP contribution is -1.99. The second-order valence-electron chi connectivity index (χ2n) is 1.68. The van der Waals surface area contributed by atoms with Crippen LogP contribution in [0.3, 0.4) is 0 Å². The second kappa shape index (κ2) is 7.48. The van der Waals surface area contributed by atoms with Gasteiger partial charge in [0.15, 0.2) is 5.13 Å². The number of thiocarbonyl (C=S) groups is 1. The van der Waals surface area contributed by atoms with E-state index in [9.17, 15) is 0 Å². The zero-order valence-electron chi connectivity index (χ0n) is 6.65. The molecule has 0 saturated carbocycles. The van der Waals surface area contributed by atoms with Crippen molar-refractivity contribution in [3.05, 3.63) is 11.6 Å². The summed E-state index contributed by atoms with van der Waals surface area (Å²) in [5.74, 6) is 0. The first-order valence-electron chi connectivity index (χ1n) is 3.30.